The highest BCUT2D eigenvalue weighted by molar-refractivity contribution is 7.12. The maximum Gasteiger partial charge on any atom is 0.261 e. The summed E-state index contributed by atoms with van der Waals surface area (Å²) in [7, 11) is 0. The van der Waals surface area contributed by atoms with E-state index in [1.54, 1.807) is 36.6 Å². The number of carbonyl (C=O) groups is 2. The Morgan fingerprint density at radius 1 is 1.14 bits per heavy atom. The average Bonchev–Trinajstić information content (AvgIpc) is 3.06. The normalized spacial score (nSPS) is 13.2. The Morgan fingerprint density at radius 3 is 2.50 bits per heavy atom. The molecule has 0 aliphatic rings. The predicted molar refractivity (Wildman–Crippen MR) is 85.7 cm³/mol. The van der Waals surface area contributed by atoms with Gasteiger partial charge >= 0.3 is 0 Å². The first-order valence-corrected chi connectivity index (χ1v) is 7.73. The molecule has 1 heterocycles. The average molecular weight is 318 g/mol. The molecule has 5 nitrogen and oxygen atoms in total. The van der Waals surface area contributed by atoms with E-state index in [0.29, 0.717) is 4.88 Å². The second-order valence-corrected chi connectivity index (χ2v) is 6.02. The van der Waals surface area contributed by atoms with Crippen LogP contribution in [0.2, 0.25) is 0 Å². The second-order valence-electron chi connectivity index (χ2n) is 5.08. The smallest absolute Gasteiger partial charge is 0.261 e. The molecule has 2 rings (SSSR count). The third-order valence-corrected chi connectivity index (χ3v) is 4.05. The second kappa shape index (κ2) is 7.20. The first-order valence-electron chi connectivity index (χ1n) is 6.85. The minimum Gasteiger partial charge on any atom is -0.384 e. The maximum atomic E-state index is 11.8. The van der Waals surface area contributed by atoms with Crippen LogP contribution >= 0.6 is 11.3 Å². The summed E-state index contributed by atoms with van der Waals surface area (Å²) in [5.41, 5.74) is -0.438. The molecule has 0 radical (unpaired) electrons. The van der Waals surface area contributed by atoms with E-state index in [1.165, 1.54) is 11.3 Å². The zero-order valence-corrected chi connectivity index (χ0v) is 13.0. The van der Waals surface area contributed by atoms with Gasteiger partial charge in [0.15, 0.2) is 0 Å². The number of amides is 2. The minimum absolute atomic E-state index is 0.0741. The Bertz CT molecular complexity index is 624. The number of hydrogen-bond donors (Lipinski definition) is 3. The van der Waals surface area contributed by atoms with Crippen molar-refractivity contribution < 1.29 is 14.7 Å². The number of benzene rings is 1. The van der Waals surface area contributed by atoms with Crippen LogP contribution in [-0.2, 0) is 10.4 Å². The molecule has 116 valence electrons. The number of rotatable bonds is 6. The quantitative estimate of drug-likeness (QED) is 0.755. The maximum absolute atomic E-state index is 11.8. The summed E-state index contributed by atoms with van der Waals surface area (Å²) in [6, 6.07) is 12.6. The summed E-state index contributed by atoms with van der Waals surface area (Å²) in [6.45, 7) is 1.58. The fourth-order valence-corrected chi connectivity index (χ4v) is 2.53. The van der Waals surface area contributed by atoms with Gasteiger partial charge < -0.3 is 15.7 Å². The summed E-state index contributed by atoms with van der Waals surface area (Å²) in [5, 5.41) is 17.3. The van der Waals surface area contributed by atoms with E-state index in [0.717, 1.165) is 5.56 Å². The standard InChI is InChI=1S/C16H18N2O3S/c1-16(21,12-6-3-2-4-7-12)11-18-14(19)10-17-15(20)13-8-5-9-22-13/h2-9,21H,10-11H2,1H3,(H,17,20)(H,18,19). The molecule has 2 aromatic rings. The highest BCUT2D eigenvalue weighted by atomic mass is 32.1. The summed E-state index contributed by atoms with van der Waals surface area (Å²) in [5.74, 6) is -0.624. The van der Waals surface area contributed by atoms with Crippen LogP contribution in [0, 0.1) is 0 Å². The van der Waals surface area contributed by atoms with Gasteiger partial charge in [-0.05, 0) is 23.9 Å². The van der Waals surface area contributed by atoms with Crippen LogP contribution in [0.3, 0.4) is 0 Å². The van der Waals surface area contributed by atoms with Gasteiger partial charge in [-0.25, -0.2) is 0 Å². The van der Waals surface area contributed by atoms with Crippen molar-refractivity contribution in [3.63, 3.8) is 0 Å². The van der Waals surface area contributed by atoms with Crippen LogP contribution in [0.5, 0.6) is 0 Å². The first-order chi connectivity index (χ1) is 10.5. The number of hydrogen-bond acceptors (Lipinski definition) is 4. The van der Waals surface area contributed by atoms with Crippen LogP contribution in [0.1, 0.15) is 22.2 Å². The molecule has 3 N–H and O–H groups in total. The molecule has 0 fully saturated rings. The van der Waals surface area contributed by atoms with E-state index >= 15 is 0 Å². The lowest BCUT2D eigenvalue weighted by Crippen LogP contribution is -2.43. The number of nitrogens with one attached hydrogen (secondary N) is 2. The predicted octanol–water partition coefficient (Wildman–Crippen LogP) is 1.50. The van der Waals surface area contributed by atoms with Crippen molar-refractivity contribution in [1.82, 2.24) is 10.6 Å². The summed E-state index contributed by atoms with van der Waals surface area (Å²) in [4.78, 5) is 24.0. The van der Waals surface area contributed by atoms with E-state index in [4.69, 9.17) is 0 Å². The van der Waals surface area contributed by atoms with Crippen LogP contribution in [-0.4, -0.2) is 30.0 Å². The van der Waals surface area contributed by atoms with Gasteiger partial charge in [-0.15, -0.1) is 11.3 Å². The van der Waals surface area contributed by atoms with Gasteiger partial charge in [0.05, 0.1) is 18.0 Å². The van der Waals surface area contributed by atoms with Gasteiger partial charge in [-0.2, -0.15) is 0 Å². The molecular weight excluding hydrogens is 300 g/mol. The van der Waals surface area contributed by atoms with Crippen molar-refractivity contribution in [2.75, 3.05) is 13.1 Å². The lowest BCUT2D eigenvalue weighted by atomic mass is 9.96. The van der Waals surface area contributed by atoms with Gasteiger partial charge in [0.2, 0.25) is 5.91 Å². The first kappa shape index (κ1) is 16.2. The Morgan fingerprint density at radius 2 is 1.86 bits per heavy atom. The van der Waals surface area contributed by atoms with Gasteiger partial charge in [-0.1, -0.05) is 36.4 Å². The highest BCUT2D eigenvalue weighted by Gasteiger charge is 2.23. The molecule has 0 bridgehead atoms. The highest BCUT2D eigenvalue weighted by Crippen LogP contribution is 2.18. The van der Waals surface area contributed by atoms with Crippen molar-refractivity contribution in [3.8, 4) is 0 Å². The van der Waals surface area contributed by atoms with Crippen molar-refractivity contribution in [3.05, 3.63) is 58.3 Å². The van der Waals surface area contributed by atoms with E-state index < -0.39 is 5.60 Å². The molecule has 0 aliphatic carbocycles. The molecule has 22 heavy (non-hydrogen) atoms. The Hall–Kier alpha value is -2.18. The Kier molecular flexibility index (Phi) is 5.30. The van der Waals surface area contributed by atoms with Crippen LogP contribution in [0.25, 0.3) is 0 Å². The zero-order valence-electron chi connectivity index (χ0n) is 12.2. The summed E-state index contributed by atoms with van der Waals surface area (Å²) < 4.78 is 0. The van der Waals surface area contributed by atoms with Gasteiger partial charge in [-0.3, -0.25) is 9.59 Å². The fourth-order valence-electron chi connectivity index (χ4n) is 1.89. The number of thiophene rings is 1. The summed E-state index contributed by atoms with van der Waals surface area (Å²) in [6.07, 6.45) is 0. The molecule has 1 unspecified atom stereocenters. The molecule has 0 saturated heterocycles. The van der Waals surface area contributed by atoms with Crippen molar-refractivity contribution >= 4 is 23.2 Å². The van der Waals surface area contributed by atoms with Gasteiger partial charge in [0, 0.05) is 0 Å². The number of aliphatic hydroxyl groups is 1. The molecule has 0 spiro atoms. The molecule has 1 aromatic heterocycles. The Labute approximate surface area is 133 Å². The van der Waals surface area contributed by atoms with Gasteiger partial charge in [0.25, 0.3) is 5.91 Å². The fraction of sp³-hybridized carbons (Fsp3) is 0.250. The SMILES string of the molecule is CC(O)(CNC(=O)CNC(=O)c1cccs1)c1ccccc1. The Balaban J connectivity index is 1.79. The molecule has 6 heteroatoms. The third-order valence-electron chi connectivity index (χ3n) is 3.18. The van der Waals surface area contributed by atoms with E-state index in [9.17, 15) is 14.7 Å². The van der Waals surface area contributed by atoms with Crippen molar-refractivity contribution in [1.29, 1.82) is 0 Å². The topological polar surface area (TPSA) is 78.4 Å². The molecule has 1 aromatic carbocycles. The lowest BCUT2D eigenvalue weighted by molar-refractivity contribution is -0.121. The van der Waals surface area contributed by atoms with E-state index in [1.807, 2.05) is 18.2 Å². The van der Waals surface area contributed by atoms with E-state index in [2.05, 4.69) is 10.6 Å². The van der Waals surface area contributed by atoms with E-state index in [-0.39, 0.29) is 24.9 Å². The molecule has 0 aliphatic heterocycles. The lowest BCUT2D eigenvalue weighted by Gasteiger charge is -2.24. The molecular formula is C16H18N2O3S. The van der Waals surface area contributed by atoms with Crippen molar-refractivity contribution in [2.24, 2.45) is 0 Å². The molecule has 0 saturated carbocycles. The minimum atomic E-state index is -1.16. The van der Waals surface area contributed by atoms with Crippen LogP contribution in [0.15, 0.2) is 47.8 Å². The van der Waals surface area contributed by atoms with Crippen LogP contribution < -0.4 is 10.6 Å². The van der Waals surface area contributed by atoms with Crippen molar-refractivity contribution in [2.45, 2.75) is 12.5 Å². The van der Waals surface area contributed by atoms with Gasteiger partial charge in [0.1, 0.15) is 5.60 Å². The monoisotopic (exact) mass is 318 g/mol. The largest absolute Gasteiger partial charge is 0.384 e. The summed E-state index contributed by atoms with van der Waals surface area (Å²) >= 11 is 1.31. The third kappa shape index (κ3) is 4.41. The molecule has 2 amide bonds. The van der Waals surface area contributed by atoms with Crippen LogP contribution in [0.4, 0.5) is 0 Å². The zero-order chi connectivity index (χ0) is 16.0. The molecule has 1 atom stereocenters. The number of carbonyl (C=O) groups excluding carboxylic acids is 2.